The molecule has 0 radical (unpaired) electrons. The van der Waals surface area contributed by atoms with Crippen LogP contribution in [0, 0.1) is 5.92 Å². The fraction of sp³-hybridized carbons (Fsp3) is 0.500. The third-order valence-corrected chi connectivity index (χ3v) is 5.06. The van der Waals surface area contributed by atoms with Crippen molar-refractivity contribution in [1.29, 1.82) is 0 Å². The number of hydrogen-bond donors (Lipinski definition) is 1. The van der Waals surface area contributed by atoms with Crippen LogP contribution in [0.3, 0.4) is 0 Å². The highest BCUT2D eigenvalue weighted by Crippen LogP contribution is 2.23. The number of aryl methyl sites for hydroxylation is 1. The van der Waals surface area contributed by atoms with E-state index in [0.29, 0.717) is 37.6 Å². The van der Waals surface area contributed by atoms with Gasteiger partial charge >= 0.3 is 5.97 Å². The summed E-state index contributed by atoms with van der Waals surface area (Å²) < 4.78 is 5.20. The van der Waals surface area contributed by atoms with Crippen LogP contribution in [0.4, 0.5) is 0 Å². The number of piperidine rings is 1. The van der Waals surface area contributed by atoms with Crippen molar-refractivity contribution in [1.82, 2.24) is 15.0 Å². The van der Waals surface area contributed by atoms with Gasteiger partial charge in [-0.3, -0.25) is 9.59 Å². The fourth-order valence-corrected chi connectivity index (χ4v) is 3.52. The van der Waals surface area contributed by atoms with Crippen LogP contribution in [-0.2, 0) is 16.0 Å². The Balaban J connectivity index is 1.45. The number of likely N-dealkylation sites (tertiary alicyclic amines) is 1. The number of rotatable bonds is 6. The molecule has 0 aliphatic carbocycles. The molecule has 7 nitrogen and oxygen atoms in total. The largest absolute Gasteiger partial charge is 0.481 e. The summed E-state index contributed by atoms with van der Waals surface area (Å²) >= 11 is 1.54. The van der Waals surface area contributed by atoms with E-state index < -0.39 is 5.97 Å². The third-order valence-electron chi connectivity index (χ3n) is 4.19. The number of nitrogens with zero attached hydrogens (tertiary/aromatic N) is 3. The average molecular weight is 349 g/mol. The number of carbonyl (C=O) groups excluding carboxylic acids is 1. The summed E-state index contributed by atoms with van der Waals surface area (Å²) in [7, 11) is 0. The predicted molar refractivity (Wildman–Crippen MR) is 87.5 cm³/mol. The highest BCUT2D eigenvalue weighted by molar-refractivity contribution is 7.13. The third kappa shape index (κ3) is 4.19. The van der Waals surface area contributed by atoms with Gasteiger partial charge in [0.25, 0.3) is 0 Å². The first-order chi connectivity index (χ1) is 11.6. The Labute approximate surface area is 143 Å². The monoisotopic (exact) mass is 349 g/mol. The van der Waals surface area contributed by atoms with E-state index in [9.17, 15) is 9.59 Å². The van der Waals surface area contributed by atoms with Crippen molar-refractivity contribution < 1.29 is 19.2 Å². The molecule has 1 aliphatic rings. The molecular formula is C16H19N3O4S. The zero-order valence-electron chi connectivity index (χ0n) is 13.2. The second-order valence-electron chi connectivity index (χ2n) is 5.91. The summed E-state index contributed by atoms with van der Waals surface area (Å²) in [6.45, 7) is 1.25. The molecule has 0 aromatic carbocycles. The highest BCUT2D eigenvalue weighted by Gasteiger charge is 2.24. The second kappa shape index (κ2) is 7.57. The topological polar surface area (TPSA) is 96.5 Å². The van der Waals surface area contributed by atoms with Gasteiger partial charge in [-0.15, -0.1) is 11.3 Å². The molecule has 2 aromatic rings. The lowest BCUT2D eigenvalue weighted by Crippen LogP contribution is -2.39. The lowest BCUT2D eigenvalue weighted by molar-refractivity contribution is -0.138. The Morgan fingerprint density at radius 3 is 2.83 bits per heavy atom. The molecule has 0 spiro atoms. The van der Waals surface area contributed by atoms with Gasteiger partial charge in [0.2, 0.25) is 17.6 Å². The smallest absolute Gasteiger partial charge is 0.303 e. The van der Waals surface area contributed by atoms with E-state index in [2.05, 4.69) is 10.1 Å². The number of aliphatic carboxylic acids is 1. The zero-order chi connectivity index (χ0) is 16.9. The average Bonchev–Trinajstić information content (AvgIpc) is 3.24. The highest BCUT2D eigenvalue weighted by atomic mass is 32.1. The molecule has 8 heteroatoms. The maximum absolute atomic E-state index is 12.3. The van der Waals surface area contributed by atoms with Crippen molar-refractivity contribution >= 4 is 23.2 Å². The fourth-order valence-electron chi connectivity index (χ4n) is 2.87. The summed E-state index contributed by atoms with van der Waals surface area (Å²) in [6.07, 6.45) is 2.44. The minimum Gasteiger partial charge on any atom is -0.481 e. The molecule has 24 heavy (non-hydrogen) atoms. The van der Waals surface area contributed by atoms with Crippen LogP contribution in [0.1, 0.15) is 31.6 Å². The van der Waals surface area contributed by atoms with E-state index in [0.717, 1.165) is 17.7 Å². The molecule has 1 amide bonds. The van der Waals surface area contributed by atoms with Gasteiger partial charge in [0.05, 0.1) is 4.88 Å². The van der Waals surface area contributed by atoms with Crippen molar-refractivity contribution in [3.05, 3.63) is 23.4 Å². The number of hydrogen-bond acceptors (Lipinski definition) is 6. The van der Waals surface area contributed by atoms with E-state index in [1.807, 2.05) is 17.5 Å². The van der Waals surface area contributed by atoms with E-state index >= 15 is 0 Å². The van der Waals surface area contributed by atoms with Gasteiger partial charge in [0, 0.05) is 32.4 Å². The van der Waals surface area contributed by atoms with Gasteiger partial charge in [-0.2, -0.15) is 4.98 Å². The minimum absolute atomic E-state index is 0.0552. The first-order valence-corrected chi connectivity index (χ1v) is 8.86. The lowest BCUT2D eigenvalue weighted by atomic mass is 9.93. The molecule has 1 fully saturated rings. The molecule has 0 unspecified atom stereocenters. The van der Waals surface area contributed by atoms with Gasteiger partial charge in [-0.25, -0.2) is 0 Å². The van der Waals surface area contributed by atoms with E-state index in [1.165, 1.54) is 11.3 Å². The van der Waals surface area contributed by atoms with E-state index in [4.69, 9.17) is 9.63 Å². The van der Waals surface area contributed by atoms with Crippen LogP contribution in [0.2, 0.25) is 0 Å². The number of carboxylic acid groups (broad SMARTS) is 1. The Kier molecular flexibility index (Phi) is 5.24. The molecule has 0 atom stereocenters. The van der Waals surface area contributed by atoms with E-state index in [1.54, 1.807) is 4.90 Å². The molecule has 0 bridgehead atoms. The number of carbonyl (C=O) groups is 2. The maximum atomic E-state index is 12.3. The molecular weight excluding hydrogens is 330 g/mol. The number of thiophene rings is 1. The first kappa shape index (κ1) is 16.6. The quantitative estimate of drug-likeness (QED) is 0.860. The predicted octanol–water partition coefficient (Wildman–Crippen LogP) is 2.44. The van der Waals surface area contributed by atoms with E-state index in [-0.39, 0.29) is 18.2 Å². The van der Waals surface area contributed by atoms with Gasteiger partial charge in [0.1, 0.15) is 0 Å². The van der Waals surface area contributed by atoms with Crippen molar-refractivity contribution in [3.8, 4) is 10.7 Å². The summed E-state index contributed by atoms with van der Waals surface area (Å²) in [6, 6.07) is 3.85. The van der Waals surface area contributed by atoms with Crippen molar-refractivity contribution in [2.45, 2.75) is 32.1 Å². The summed E-state index contributed by atoms with van der Waals surface area (Å²) in [4.78, 5) is 30.0. The van der Waals surface area contributed by atoms with Gasteiger partial charge in [0.15, 0.2) is 0 Å². The molecule has 3 heterocycles. The standard InChI is InChI=1S/C16H19N3O4S/c20-14(19-7-5-11(6-8-19)10-15(21)22)4-3-13-17-16(18-23-13)12-2-1-9-24-12/h1-2,9,11H,3-8,10H2,(H,21,22). The summed E-state index contributed by atoms with van der Waals surface area (Å²) in [5.41, 5.74) is 0. The Morgan fingerprint density at radius 1 is 1.38 bits per heavy atom. The number of aromatic nitrogens is 2. The SMILES string of the molecule is O=C(O)CC1CCN(C(=O)CCc2nc(-c3cccs3)no2)CC1. The minimum atomic E-state index is -0.766. The van der Waals surface area contributed by atoms with Crippen LogP contribution >= 0.6 is 11.3 Å². The summed E-state index contributed by atoms with van der Waals surface area (Å²) in [5.74, 6) is 0.489. The normalized spacial score (nSPS) is 15.6. The molecule has 1 saturated heterocycles. The number of carboxylic acids is 1. The zero-order valence-corrected chi connectivity index (χ0v) is 14.0. The van der Waals surface area contributed by atoms with Crippen molar-refractivity contribution in [3.63, 3.8) is 0 Å². The van der Waals surface area contributed by atoms with Crippen molar-refractivity contribution in [2.24, 2.45) is 5.92 Å². The number of amides is 1. The summed E-state index contributed by atoms with van der Waals surface area (Å²) in [5, 5.41) is 14.7. The van der Waals surface area contributed by atoms with Crippen LogP contribution in [0.25, 0.3) is 10.7 Å². The van der Waals surface area contributed by atoms with Crippen LogP contribution in [-0.4, -0.2) is 45.1 Å². The van der Waals surface area contributed by atoms with Gasteiger partial charge in [-0.1, -0.05) is 11.2 Å². The van der Waals surface area contributed by atoms with Crippen molar-refractivity contribution in [2.75, 3.05) is 13.1 Å². The Bertz CT molecular complexity index is 690. The van der Waals surface area contributed by atoms with Crippen LogP contribution in [0.5, 0.6) is 0 Å². The Morgan fingerprint density at radius 2 is 2.17 bits per heavy atom. The molecule has 128 valence electrons. The van der Waals surface area contributed by atoms with Gasteiger partial charge in [-0.05, 0) is 30.2 Å². The Hall–Kier alpha value is -2.22. The molecule has 3 rings (SSSR count). The van der Waals surface area contributed by atoms with Gasteiger partial charge < -0.3 is 14.5 Å². The molecule has 1 N–H and O–H groups in total. The second-order valence-corrected chi connectivity index (χ2v) is 6.86. The van der Waals surface area contributed by atoms with Crippen LogP contribution < -0.4 is 0 Å². The van der Waals surface area contributed by atoms with Crippen LogP contribution in [0.15, 0.2) is 22.0 Å². The molecule has 0 saturated carbocycles. The molecule has 1 aliphatic heterocycles. The molecule has 2 aromatic heterocycles. The maximum Gasteiger partial charge on any atom is 0.303 e. The lowest BCUT2D eigenvalue weighted by Gasteiger charge is -2.31. The first-order valence-electron chi connectivity index (χ1n) is 7.98.